The number of aliphatic hydroxyl groups excluding tert-OH is 1. The predicted octanol–water partition coefficient (Wildman–Crippen LogP) is -1.88. The van der Waals surface area contributed by atoms with Crippen LogP contribution in [0, 0.1) is 5.92 Å². The number of rotatable bonds is 15. The second-order valence-electron chi connectivity index (χ2n) is 7.00. The average molecular weight is 465 g/mol. The molecule has 0 aromatic rings. The number of nitrogens with one attached hydrogen (secondary N) is 3. The number of hydrogen-bond acceptors (Lipinski definition) is 8. The highest BCUT2D eigenvalue weighted by molar-refractivity contribution is 7.98. The van der Waals surface area contributed by atoms with E-state index >= 15 is 0 Å². The molecule has 0 fully saturated rings. The smallest absolute Gasteiger partial charge is 0.326 e. The molecule has 5 unspecified atom stereocenters. The molecule has 12 nitrogen and oxygen atoms in total. The third-order valence-corrected chi connectivity index (χ3v) is 5.22. The van der Waals surface area contributed by atoms with Crippen molar-refractivity contribution < 1.29 is 39.3 Å². The topological polar surface area (TPSA) is 208 Å². The number of thioether (sulfide) groups is 1. The van der Waals surface area contributed by atoms with Gasteiger partial charge in [-0.1, -0.05) is 20.3 Å². The Bertz CT molecular complexity index is 648. The third-order valence-electron chi connectivity index (χ3n) is 4.57. The van der Waals surface area contributed by atoms with Crippen LogP contribution in [0.4, 0.5) is 0 Å². The Kier molecular flexibility index (Phi) is 13.5. The second-order valence-corrected chi connectivity index (χ2v) is 7.99. The quantitative estimate of drug-likeness (QED) is 0.143. The van der Waals surface area contributed by atoms with Crippen LogP contribution in [-0.2, 0) is 24.0 Å². The van der Waals surface area contributed by atoms with E-state index in [9.17, 15) is 34.2 Å². The lowest BCUT2D eigenvalue weighted by molar-refractivity contribution is -0.144. The van der Waals surface area contributed by atoms with E-state index in [1.165, 1.54) is 11.8 Å². The van der Waals surface area contributed by atoms with E-state index in [1.807, 2.05) is 6.26 Å². The fourth-order valence-electron chi connectivity index (χ4n) is 2.44. The van der Waals surface area contributed by atoms with Crippen molar-refractivity contribution in [3.8, 4) is 0 Å². The molecule has 0 spiro atoms. The van der Waals surface area contributed by atoms with Crippen LogP contribution in [0.3, 0.4) is 0 Å². The van der Waals surface area contributed by atoms with Crippen molar-refractivity contribution in [1.82, 2.24) is 16.0 Å². The van der Waals surface area contributed by atoms with Crippen LogP contribution < -0.4 is 21.7 Å². The lowest BCUT2D eigenvalue weighted by Gasteiger charge is -2.25. The van der Waals surface area contributed by atoms with Crippen molar-refractivity contribution >= 4 is 41.4 Å². The van der Waals surface area contributed by atoms with Crippen LogP contribution in [0.25, 0.3) is 0 Å². The highest BCUT2D eigenvalue weighted by Gasteiger charge is 2.32. The minimum atomic E-state index is -1.62. The van der Waals surface area contributed by atoms with Gasteiger partial charge in [-0.25, -0.2) is 4.79 Å². The van der Waals surface area contributed by atoms with Gasteiger partial charge in [-0.05, 0) is 24.3 Å². The van der Waals surface area contributed by atoms with E-state index in [4.69, 9.17) is 10.8 Å². The molecular weight excluding hydrogens is 432 g/mol. The summed E-state index contributed by atoms with van der Waals surface area (Å²) in [6.45, 7) is 2.50. The molecule has 8 N–H and O–H groups in total. The molecule has 0 aliphatic carbocycles. The van der Waals surface area contributed by atoms with Crippen LogP contribution in [0.2, 0.25) is 0 Å². The van der Waals surface area contributed by atoms with Gasteiger partial charge < -0.3 is 37.0 Å². The number of amides is 3. The molecule has 3 amide bonds. The molecule has 31 heavy (non-hydrogen) atoms. The second kappa shape index (κ2) is 14.6. The minimum absolute atomic E-state index is 0.336. The summed E-state index contributed by atoms with van der Waals surface area (Å²) in [5.41, 5.74) is 5.71. The van der Waals surface area contributed by atoms with Crippen molar-refractivity contribution in [2.45, 2.75) is 57.3 Å². The molecule has 13 heteroatoms. The van der Waals surface area contributed by atoms with E-state index in [2.05, 4.69) is 16.0 Å². The Hall–Kier alpha value is -2.38. The molecule has 0 saturated heterocycles. The highest BCUT2D eigenvalue weighted by Crippen LogP contribution is 2.09. The van der Waals surface area contributed by atoms with Gasteiger partial charge in [-0.15, -0.1) is 0 Å². The van der Waals surface area contributed by atoms with Gasteiger partial charge in [0.25, 0.3) is 0 Å². The maximum absolute atomic E-state index is 12.5. The summed E-state index contributed by atoms with van der Waals surface area (Å²) in [6, 6.07) is -5.29. The third kappa shape index (κ3) is 10.5. The zero-order valence-corrected chi connectivity index (χ0v) is 18.6. The fourth-order valence-corrected chi connectivity index (χ4v) is 2.93. The number of nitrogens with two attached hydrogens (primary N) is 1. The summed E-state index contributed by atoms with van der Waals surface area (Å²) in [7, 11) is 0. The molecule has 0 radical (unpaired) electrons. The first kappa shape index (κ1) is 28.6. The number of aliphatic hydroxyl groups is 1. The molecule has 0 aliphatic rings. The summed E-state index contributed by atoms with van der Waals surface area (Å²) in [5, 5.41) is 34.4. The number of aliphatic carboxylic acids is 2. The van der Waals surface area contributed by atoms with Gasteiger partial charge in [-0.3, -0.25) is 19.2 Å². The van der Waals surface area contributed by atoms with Gasteiger partial charge in [0.05, 0.1) is 19.1 Å². The molecule has 0 saturated carbocycles. The van der Waals surface area contributed by atoms with Crippen LogP contribution in [0.15, 0.2) is 0 Å². The van der Waals surface area contributed by atoms with Gasteiger partial charge in [0, 0.05) is 0 Å². The number of hydrogen-bond donors (Lipinski definition) is 7. The Balaban J connectivity index is 5.28. The van der Waals surface area contributed by atoms with Crippen LogP contribution in [0.5, 0.6) is 0 Å². The first-order valence-electron chi connectivity index (χ1n) is 9.69. The standard InChI is InChI=1S/C18H32N4O8S/c1-4-9(2)14(18(29)30)22-16(27)11(7-13(24)25)20-17(28)12(8-23)21-15(26)10(19)5-6-31-3/h9-12,14,23H,4-8,19H2,1-3H3,(H,20,28)(H,21,26)(H,22,27)(H,24,25)(H,29,30). The van der Waals surface area contributed by atoms with E-state index in [-0.39, 0.29) is 0 Å². The lowest BCUT2D eigenvalue weighted by atomic mass is 9.98. The molecule has 0 aromatic carbocycles. The van der Waals surface area contributed by atoms with Gasteiger partial charge in [0.15, 0.2) is 0 Å². The van der Waals surface area contributed by atoms with Crippen molar-refractivity contribution in [2.24, 2.45) is 11.7 Å². The molecular formula is C18H32N4O8S. The molecule has 0 heterocycles. The van der Waals surface area contributed by atoms with E-state index in [1.54, 1.807) is 13.8 Å². The molecule has 0 aromatic heterocycles. The van der Waals surface area contributed by atoms with E-state index in [0.717, 1.165) is 0 Å². The Morgan fingerprint density at radius 2 is 1.52 bits per heavy atom. The largest absolute Gasteiger partial charge is 0.481 e. The first-order chi connectivity index (χ1) is 14.5. The molecule has 178 valence electrons. The maximum atomic E-state index is 12.5. The zero-order valence-electron chi connectivity index (χ0n) is 17.8. The number of carboxylic acid groups (broad SMARTS) is 2. The average Bonchev–Trinajstić information content (AvgIpc) is 2.71. The van der Waals surface area contributed by atoms with E-state index < -0.39 is 72.8 Å². The van der Waals surface area contributed by atoms with E-state index in [0.29, 0.717) is 18.6 Å². The molecule has 0 aliphatic heterocycles. The van der Waals surface area contributed by atoms with Crippen LogP contribution in [-0.4, -0.2) is 87.8 Å². The first-order valence-corrected chi connectivity index (χ1v) is 11.1. The van der Waals surface area contributed by atoms with Crippen molar-refractivity contribution in [3.63, 3.8) is 0 Å². The van der Waals surface area contributed by atoms with Gasteiger partial charge >= 0.3 is 11.9 Å². The number of carboxylic acids is 2. The maximum Gasteiger partial charge on any atom is 0.326 e. The zero-order chi connectivity index (χ0) is 24.1. The lowest BCUT2D eigenvalue weighted by Crippen LogP contribution is -2.59. The fraction of sp³-hybridized carbons (Fsp3) is 0.722. The summed E-state index contributed by atoms with van der Waals surface area (Å²) in [6.07, 6.45) is 1.77. The van der Waals surface area contributed by atoms with Crippen molar-refractivity contribution in [1.29, 1.82) is 0 Å². The summed E-state index contributed by atoms with van der Waals surface area (Å²) in [5.74, 6) is -5.28. The summed E-state index contributed by atoms with van der Waals surface area (Å²) >= 11 is 1.48. The Morgan fingerprint density at radius 1 is 0.968 bits per heavy atom. The monoisotopic (exact) mass is 464 g/mol. The minimum Gasteiger partial charge on any atom is -0.481 e. The Labute approximate surface area is 184 Å². The highest BCUT2D eigenvalue weighted by atomic mass is 32.2. The van der Waals surface area contributed by atoms with Crippen molar-refractivity contribution in [3.05, 3.63) is 0 Å². The summed E-state index contributed by atoms with van der Waals surface area (Å²) < 4.78 is 0. The Morgan fingerprint density at radius 3 is 1.97 bits per heavy atom. The van der Waals surface area contributed by atoms with Gasteiger partial charge in [0.2, 0.25) is 17.7 Å². The predicted molar refractivity (Wildman–Crippen MR) is 113 cm³/mol. The normalized spacial score (nSPS) is 15.6. The number of carbonyl (C=O) groups is 5. The van der Waals surface area contributed by atoms with Crippen molar-refractivity contribution in [2.75, 3.05) is 18.6 Å². The molecule has 0 bridgehead atoms. The van der Waals surface area contributed by atoms with Gasteiger partial charge in [0.1, 0.15) is 18.1 Å². The molecule has 5 atom stereocenters. The number of carbonyl (C=O) groups excluding carboxylic acids is 3. The van der Waals surface area contributed by atoms with Crippen LogP contribution in [0.1, 0.15) is 33.1 Å². The van der Waals surface area contributed by atoms with Crippen LogP contribution >= 0.6 is 11.8 Å². The van der Waals surface area contributed by atoms with Gasteiger partial charge in [-0.2, -0.15) is 11.8 Å². The summed E-state index contributed by atoms with van der Waals surface area (Å²) in [4.78, 5) is 59.5. The SMILES string of the molecule is CCC(C)C(NC(=O)C(CC(=O)O)NC(=O)C(CO)NC(=O)C(N)CCSC)C(=O)O. The molecule has 0 rings (SSSR count).